The van der Waals surface area contributed by atoms with Crippen LogP contribution in [0, 0.1) is 0 Å². The molecule has 0 bridgehead atoms. The first-order valence-electron chi connectivity index (χ1n) is 6.00. The minimum atomic E-state index is -0.831. The van der Waals surface area contributed by atoms with Crippen LogP contribution in [-0.4, -0.2) is 52.9 Å². The molecule has 0 radical (unpaired) electrons. The summed E-state index contributed by atoms with van der Waals surface area (Å²) in [6.07, 6.45) is 2.83. The van der Waals surface area contributed by atoms with Crippen molar-refractivity contribution in [3.8, 4) is 0 Å². The van der Waals surface area contributed by atoms with Gasteiger partial charge in [-0.25, -0.2) is 4.79 Å². The Labute approximate surface area is 107 Å². The van der Waals surface area contributed by atoms with Gasteiger partial charge in [0.1, 0.15) is 0 Å². The van der Waals surface area contributed by atoms with E-state index < -0.39 is 5.97 Å². The second kappa shape index (κ2) is 9.47. The number of hydrogen-bond acceptors (Lipinski definition) is 3. The molecule has 1 unspecified atom stereocenters. The van der Waals surface area contributed by atoms with Gasteiger partial charge in [-0.05, 0) is 19.8 Å². The molecule has 0 aromatic heterocycles. The third-order valence-electron chi connectivity index (χ3n) is 2.40. The predicted molar refractivity (Wildman–Crippen MR) is 68.3 cm³/mol. The van der Waals surface area contributed by atoms with E-state index in [-0.39, 0.29) is 31.6 Å². The number of carboxylic acids is 1. The van der Waals surface area contributed by atoms with Gasteiger partial charge in [0, 0.05) is 25.6 Å². The molecule has 0 heterocycles. The van der Waals surface area contributed by atoms with Crippen LogP contribution in [0.5, 0.6) is 0 Å². The fourth-order valence-electron chi connectivity index (χ4n) is 1.49. The van der Waals surface area contributed by atoms with E-state index in [0.29, 0.717) is 19.4 Å². The zero-order chi connectivity index (χ0) is 14.0. The van der Waals surface area contributed by atoms with Crippen LogP contribution in [0.15, 0.2) is 12.7 Å². The molecule has 2 amide bonds. The summed E-state index contributed by atoms with van der Waals surface area (Å²) in [4.78, 5) is 23.6. The molecule has 0 saturated carbocycles. The van der Waals surface area contributed by atoms with Crippen LogP contribution in [0.3, 0.4) is 0 Å². The summed E-state index contributed by atoms with van der Waals surface area (Å²) < 4.78 is 0. The maximum absolute atomic E-state index is 11.8. The van der Waals surface area contributed by atoms with E-state index in [2.05, 4.69) is 11.9 Å². The lowest BCUT2D eigenvalue weighted by Crippen LogP contribution is -2.45. The van der Waals surface area contributed by atoms with Crippen molar-refractivity contribution in [2.24, 2.45) is 0 Å². The standard InChI is InChI=1S/C12H22N2O4/c1-3-7-14(8-9-15)12(18)13-10(2)5-4-6-11(16)17/h3,10,15H,1,4-9H2,2H3,(H,13,18)(H,16,17). The zero-order valence-corrected chi connectivity index (χ0v) is 10.8. The first kappa shape index (κ1) is 16.4. The highest BCUT2D eigenvalue weighted by atomic mass is 16.4. The second-order valence-corrected chi connectivity index (χ2v) is 4.09. The molecular formula is C12H22N2O4. The first-order valence-corrected chi connectivity index (χ1v) is 6.00. The van der Waals surface area contributed by atoms with Crippen LogP contribution >= 0.6 is 0 Å². The maximum atomic E-state index is 11.8. The monoisotopic (exact) mass is 258 g/mol. The number of urea groups is 1. The van der Waals surface area contributed by atoms with Crippen molar-refractivity contribution < 1.29 is 19.8 Å². The Morgan fingerprint density at radius 3 is 2.67 bits per heavy atom. The summed E-state index contributed by atoms with van der Waals surface area (Å²) in [5.41, 5.74) is 0. The topological polar surface area (TPSA) is 89.9 Å². The number of carbonyl (C=O) groups is 2. The van der Waals surface area contributed by atoms with E-state index >= 15 is 0 Å². The Balaban J connectivity index is 4.01. The molecule has 0 aliphatic rings. The lowest BCUT2D eigenvalue weighted by atomic mass is 10.1. The van der Waals surface area contributed by atoms with Crippen molar-refractivity contribution in [3.63, 3.8) is 0 Å². The van der Waals surface area contributed by atoms with Crippen LogP contribution in [0.4, 0.5) is 4.79 Å². The minimum Gasteiger partial charge on any atom is -0.481 e. The quantitative estimate of drug-likeness (QED) is 0.534. The molecule has 0 aromatic carbocycles. The molecule has 0 fully saturated rings. The van der Waals surface area contributed by atoms with Gasteiger partial charge in [-0.15, -0.1) is 6.58 Å². The van der Waals surface area contributed by atoms with E-state index in [4.69, 9.17) is 10.2 Å². The van der Waals surface area contributed by atoms with Crippen molar-refractivity contribution in [1.29, 1.82) is 0 Å². The number of rotatable bonds is 9. The van der Waals surface area contributed by atoms with Crippen molar-refractivity contribution in [2.75, 3.05) is 19.7 Å². The number of hydrogen-bond donors (Lipinski definition) is 3. The largest absolute Gasteiger partial charge is 0.481 e. The molecule has 0 spiro atoms. The molecule has 1 atom stereocenters. The molecule has 0 aromatic rings. The smallest absolute Gasteiger partial charge is 0.317 e. The number of aliphatic hydroxyl groups excluding tert-OH is 1. The number of nitrogens with zero attached hydrogens (tertiary/aromatic N) is 1. The minimum absolute atomic E-state index is 0.0946. The van der Waals surface area contributed by atoms with Crippen molar-refractivity contribution in [3.05, 3.63) is 12.7 Å². The van der Waals surface area contributed by atoms with E-state index in [0.717, 1.165) is 0 Å². The van der Waals surface area contributed by atoms with Crippen LogP contribution in [0.2, 0.25) is 0 Å². The zero-order valence-electron chi connectivity index (χ0n) is 10.8. The fourth-order valence-corrected chi connectivity index (χ4v) is 1.49. The van der Waals surface area contributed by atoms with Gasteiger partial charge < -0.3 is 20.4 Å². The van der Waals surface area contributed by atoms with E-state index in [9.17, 15) is 9.59 Å². The molecule has 3 N–H and O–H groups in total. The highest BCUT2D eigenvalue weighted by molar-refractivity contribution is 5.74. The lowest BCUT2D eigenvalue weighted by molar-refractivity contribution is -0.137. The Kier molecular flexibility index (Phi) is 8.65. The molecule has 0 aliphatic heterocycles. The van der Waals surface area contributed by atoms with Gasteiger partial charge in [0.25, 0.3) is 0 Å². The normalized spacial score (nSPS) is 11.7. The van der Waals surface area contributed by atoms with Gasteiger partial charge in [0.15, 0.2) is 0 Å². The van der Waals surface area contributed by atoms with Gasteiger partial charge in [-0.2, -0.15) is 0 Å². The number of aliphatic hydroxyl groups is 1. The molecule has 6 heteroatoms. The summed E-state index contributed by atoms with van der Waals surface area (Å²) in [6.45, 7) is 5.89. The van der Waals surface area contributed by atoms with Gasteiger partial charge >= 0.3 is 12.0 Å². The van der Waals surface area contributed by atoms with Gasteiger partial charge in [0.05, 0.1) is 6.61 Å². The summed E-state index contributed by atoms with van der Waals surface area (Å²) >= 11 is 0. The SMILES string of the molecule is C=CCN(CCO)C(=O)NC(C)CCCC(=O)O. The van der Waals surface area contributed by atoms with Crippen LogP contribution in [0.25, 0.3) is 0 Å². The number of carbonyl (C=O) groups excluding carboxylic acids is 1. The van der Waals surface area contributed by atoms with Crippen molar-refractivity contribution >= 4 is 12.0 Å². The summed E-state index contributed by atoms with van der Waals surface area (Å²) in [5, 5.41) is 20.1. The summed E-state index contributed by atoms with van der Waals surface area (Å²) in [7, 11) is 0. The number of amides is 2. The third-order valence-corrected chi connectivity index (χ3v) is 2.40. The van der Waals surface area contributed by atoms with Crippen LogP contribution in [-0.2, 0) is 4.79 Å². The molecule has 0 saturated heterocycles. The third kappa shape index (κ3) is 7.67. The Morgan fingerprint density at radius 1 is 1.50 bits per heavy atom. The van der Waals surface area contributed by atoms with Gasteiger partial charge in [0.2, 0.25) is 0 Å². The summed E-state index contributed by atoms with van der Waals surface area (Å²) in [5.74, 6) is -0.831. The molecule has 0 aliphatic carbocycles. The van der Waals surface area contributed by atoms with Crippen molar-refractivity contribution in [1.82, 2.24) is 10.2 Å². The molecule has 6 nitrogen and oxygen atoms in total. The van der Waals surface area contributed by atoms with E-state index in [1.807, 2.05) is 6.92 Å². The molecular weight excluding hydrogens is 236 g/mol. The molecule has 104 valence electrons. The Morgan fingerprint density at radius 2 is 2.17 bits per heavy atom. The average Bonchev–Trinajstić information content (AvgIpc) is 2.28. The van der Waals surface area contributed by atoms with Crippen molar-refractivity contribution in [2.45, 2.75) is 32.2 Å². The number of aliphatic carboxylic acids is 1. The summed E-state index contributed by atoms with van der Waals surface area (Å²) in [6, 6.07) is -0.366. The Bertz CT molecular complexity index is 281. The van der Waals surface area contributed by atoms with Gasteiger partial charge in [-0.1, -0.05) is 6.08 Å². The average molecular weight is 258 g/mol. The van der Waals surface area contributed by atoms with E-state index in [1.54, 1.807) is 6.08 Å². The maximum Gasteiger partial charge on any atom is 0.317 e. The molecule has 0 rings (SSSR count). The van der Waals surface area contributed by atoms with Gasteiger partial charge in [-0.3, -0.25) is 4.79 Å². The first-order chi connectivity index (χ1) is 8.51. The highest BCUT2D eigenvalue weighted by Gasteiger charge is 2.14. The van der Waals surface area contributed by atoms with Crippen LogP contribution < -0.4 is 5.32 Å². The van der Waals surface area contributed by atoms with E-state index in [1.165, 1.54) is 4.90 Å². The second-order valence-electron chi connectivity index (χ2n) is 4.09. The molecule has 18 heavy (non-hydrogen) atoms. The Hall–Kier alpha value is -1.56. The fraction of sp³-hybridized carbons (Fsp3) is 0.667. The number of nitrogens with one attached hydrogen (secondary N) is 1. The predicted octanol–water partition coefficient (Wildman–Crippen LogP) is 0.820. The number of carboxylic acid groups (broad SMARTS) is 1. The van der Waals surface area contributed by atoms with Crippen LogP contribution in [0.1, 0.15) is 26.2 Å². The highest BCUT2D eigenvalue weighted by Crippen LogP contribution is 2.01. The lowest BCUT2D eigenvalue weighted by Gasteiger charge is -2.23.